The first kappa shape index (κ1) is 14.6. The van der Waals surface area contributed by atoms with Gasteiger partial charge in [-0.1, -0.05) is 0 Å². The number of rotatable bonds is 6. The van der Waals surface area contributed by atoms with Gasteiger partial charge in [0.15, 0.2) is 0 Å². The van der Waals surface area contributed by atoms with Gasteiger partial charge in [-0.2, -0.15) is 0 Å². The lowest BCUT2D eigenvalue weighted by Gasteiger charge is -2.24. The highest BCUT2D eigenvalue weighted by Crippen LogP contribution is 2.12. The zero-order valence-corrected chi connectivity index (χ0v) is 11.6. The van der Waals surface area contributed by atoms with E-state index in [0.717, 1.165) is 6.54 Å². The number of nitrogens with one attached hydrogen (secondary N) is 1. The van der Waals surface area contributed by atoms with Gasteiger partial charge in [0.2, 0.25) is 0 Å². The van der Waals surface area contributed by atoms with Crippen LogP contribution in [0.1, 0.15) is 38.2 Å². The molecule has 0 saturated heterocycles. The highest BCUT2D eigenvalue weighted by Gasteiger charge is 2.20. The number of anilines is 1. The number of aryl methyl sites for hydroxylation is 1. The number of ether oxygens (including phenoxy) is 1. The Morgan fingerprint density at radius 1 is 1.50 bits per heavy atom. The van der Waals surface area contributed by atoms with Crippen molar-refractivity contribution in [1.82, 2.24) is 9.88 Å². The van der Waals surface area contributed by atoms with Crippen LogP contribution in [0.3, 0.4) is 0 Å². The van der Waals surface area contributed by atoms with Crippen molar-refractivity contribution in [3.05, 3.63) is 18.0 Å². The molecule has 0 fully saturated rings. The van der Waals surface area contributed by atoms with Gasteiger partial charge < -0.3 is 20.4 Å². The zero-order valence-electron chi connectivity index (χ0n) is 11.6. The summed E-state index contributed by atoms with van der Waals surface area (Å²) in [5.41, 5.74) is 6.52. The Kier molecular flexibility index (Phi) is 4.78. The Bertz CT molecular complexity index is 410. The minimum absolute atomic E-state index is 0.124. The second-order valence-electron chi connectivity index (χ2n) is 4.82. The summed E-state index contributed by atoms with van der Waals surface area (Å²) in [7, 11) is 0. The Labute approximate surface area is 108 Å². The lowest BCUT2D eigenvalue weighted by molar-refractivity contribution is -0.00821. The molecule has 0 spiro atoms. The third-order valence-corrected chi connectivity index (χ3v) is 2.70. The molecule has 0 saturated carbocycles. The number of carbonyl (C=O) groups excluding carboxylic acids is 1. The quantitative estimate of drug-likeness (QED) is 0.809. The van der Waals surface area contributed by atoms with E-state index >= 15 is 0 Å². The molecule has 0 aliphatic carbocycles. The molecule has 0 bridgehead atoms. The van der Waals surface area contributed by atoms with Crippen molar-refractivity contribution in [2.75, 3.05) is 18.9 Å². The maximum absolute atomic E-state index is 12.0. The van der Waals surface area contributed by atoms with Crippen LogP contribution < -0.4 is 11.1 Å². The fourth-order valence-corrected chi connectivity index (χ4v) is 1.81. The number of nitrogens with two attached hydrogens (primary N) is 1. The van der Waals surface area contributed by atoms with Crippen molar-refractivity contribution in [1.29, 1.82) is 0 Å². The molecule has 0 aliphatic heterocycles. The number of amides is 1. The van der Waals surface area contributed by atoms with E-state index in [4.69, 9.17) is 10.5 Å². The molecule has 0 unspecified atom stereocenters. The monoisotopic (exact) mass is 253 g/mol. The van der Waals surface area contributed by atoms with Crippen molar-refractivity contribution >= 4 is 11.6 Å². The molecule has 18 heavy (non-hydrogen) atoms. The van der Waals surface area contributed by atoms with E-state index in [0.29, 0.717) is 24.5 Å². The summed E-state index contributed by atoms with van der Waals surface area (Å²) >= 11 is 0. The molecule has 3 N–H and O–H groups in total. The third kappa shape index (κ3) is 3.77. The van der Waals surface area contributed by atoms with Crippen LogP contribution in [0.4, 0.5) is 5.69 Å². The predicted octanol–water partition coefficient (Wildman–Crippen LogP) is 1.64. The summed E-state index contributed by atoms with van der Waals surface area (Å²) < 4.78 is 7.36. The van der Waals surface area contributed by atoms with Crippen molar-refractivity contribution in [3.63, 3.8) is 0 Å². The highest BCUT2D eigenvalue weighted by atomic mass is 16.5. The van der Waals surface area contributed by atoms with E-state index in [1.165, 1.54) is 0 Å². The predicted molar refractivity (Wildman–Crippen MR) is 72.6 cm³/mol. The standard InChI is InChI=1S/C13H23N3O2/c1-5-16-8-10(14)7-11(16)12(17)15-9-13(3,4)18-6-2/h7-8H,5-6,9,14H2,1-4H3,(H,15,17). The van der Waals surface area contributed by atoms with E-state index in [-0.39, 0.29) is 11.5 Å². The smallest absolute Gasteiger partial charge is 0.268 e. The van der Waals surface area contributed by atoms with E-state index in [1.807, 2.05) is 32.3 Å². The second-order valence-corrected chi connectivity index (χ2v) is 4.82. The van der Waals surface area contributed by atoms with E-state index in [9.17, 15) is 4.79 Å². The molecular formula is C13H23N3O2. The van der Waals surface area contributed by atoms with Crippen LogP contribution in [0.2, 0.25) is 0 Å². The van der Waals surface area contributed by atoms with Gasteiger partial charge in [0.1, 0.15) is 5.69 Å². The van der Waals surface area contributed by atoms with Crippen LogP contribution >= 0.6 is 0 Å². The normalized spacial score (nSPS) is 11.6. The first-order valence-electron chi connectivity index (χ1n) is 6.27. The van der Waals surface area contributed by atoms with Gasteiger partial charge in [-0.15, -0.1) is 0 Å². The van der Waals surface area contributed by atoms with Gasteiger partial charge in [-0.3, -0.25) is 4.79 Å². The van der Waals surface area contributed by atoms with Gasteiger partial charge in [-0.25, -0.2) is 0 Å². The number of nitrogen functional groups attached to an aromatic ring is 1. The van der Waals surface area contributed by atoms with Gasteiger partial charge in [-0.05, 0) is 33.8 Å². The fourth-order valence-electron chi connectivity index (χ4n) is 1.81. The largest absolute Gasteiger partial charge is 0.397 e. The van der Waals surface area contributed by atoms with Gasteiger partial charge in [0.25, 0.3) is 5.91 Å². The van der Waals surface area contributed by atoms with Crippen LogP contribution in [0.15, 0.2) is 12.3 Å². The first-order chi connectivity index (χ1) is 8.39. The van der Waals surface area contributed by atoms with Crippen LogP contribution in [-0.4, -0.2) is 29.2 Å². The molecule has 1 aromatic heterocycles. The second kappa shape index (κ2) is 5.91. The molecule has 1 aromatic rings. The lowest BCUT2D eigenvalue weighted by atomic mass is 10.1. The number of nitrogens with zero attached hydrogens (tertiary/aromatic N) is 1. The van der Waals surface area contributed by atoms with Crippen molar-refractivity contribution in [2.24, 2.45) is 0 Å². The average molecular weight is 253 g/mol. The molecule has 1 amide bonds. The van der Waals surface area contributed by atoms with Gasteiger partial charge in [0.05, 0.1) is 11.3 Å². The minimum Gasteiger partial charge on any atom is -0.397 e. The maximum Gasteiger partial charge on any atom is 0.268 e. The van der Waals surface area contributed by atoms with Crippen molar-refractivity contribution < 1.29 is 9.53 Å². The minimum atomic E-state index is -0.362. The van der Waals surface area contributed by atoms with Crippen LogP contribution in [-0.2, 0) is 11.3 Å². The van der Waals surface area contributed by atoms with Crippen molar-refractivity contribution in [3.8, 4) is 0 Å². The van der Waals surface area contributed by atoms with E-state index in [2.05, 4.69) is 5.32 Å². The number of carbonyl (C=O) groups is 1. The first-order valence-corrected chi connectivity index (χ1v) is 6.27. The molecule has 0 aromatic carbocycles. The number of hydrogen-bond acceptors (Lipinski definition) is 3. The number of hydrogen-bond donors (Lipinski definition) is 2. The molecule has 0 radical (unpaired) electrons. The lowest BCUT2D eigenvalue weighted by Crippen LogP contribution is -2.41. The molecule has 0 aliphatic rings. The van der Waals surface area contributed by atoms with Crippen LogP contribution in [0.25, 0.3) is 0 Å². The topological polar surface area (TPSA) is 69.3 Å². The van der Waals surface area contributed by atoms with Crippen LogP contribution in [0, 0.1) is 0 Å². The van der Waals surface area contributed by atoms with E-state index < -0.39 is 0 Å². The molecule has 0 atom stereocenters. The van der Waals surface area contributed by atoms with Crippen molar-refractivity contribution in [2.45, 2.75) is 39.8 Å². The molecule has 1 rings (SSSR count). The SMILES string of the molecule is CCOC(C)(C)CNC(=O)c1cc(N)cn1CC. The maximum atomic E-state index is 12.0. The number of aromatic nitrogens is 1. The summed E-state index contributed by atoms with van der Waals surface area (Å²) in [4.78, 5) is 12.0. The molecule has 102 valence electrons. The van der Waals surface area contributed by atoms with E-state index in [1.54, 1.807) is 12.3 Å². The average Bonchev–Trinajstić information content (AvgIpc) is 2.67. The molecule has 5 heteroatoms. The molecule has 5 nitrogen and oxygen atoms in total. The summed E-state index contributed by atoms with van der Waals surface area (Å²) in [5, 5.41) is 2.87. The fraction of sp³-hybridized carbons (Fsp3) is 0.615. The van der Waals surface area contributed by atoms with Gasteiger partial charge >= 0.3 is 0 Å². The zero-order chi connectivity index (χ0) is 13.8. The highest BCUT2D eigenvalue weighted by molar-refractivity contribution is 5.93. The third-order valence-electron chi connectivity index (χ3n) is 2.70. The summed E-state index contributed by atoms with van der Waals surface area (Å²) in [6.07, 6.45) is 1.77. The Balaban J connectivity index is 2.65. The van der Waals surface area contributed by atoms with Gasteiger partial charge in [0, 0.05) is 25.9 Å². The summed E-state index contributed by atoms with van der Waals surface area (Å²) in [5.74, 6) is -0.124. The van der Waals surface area contributed by atoms with Crippen LogP contribution in [0.5, 0.6) is 0 Å². The summed E-state index contributed by atoms with van der Waals surface area (Å²) in [6, 6.07) is 1.69. The summed E-state index contributed by atoms with van der Waals surface area (Å²) in [6.45, 7) is 9.62. The molecule has 1 heterocycles. The Hall–Kier alpha value is -1.49. The Morgan fingerprint density at radius 2 is 2.17 bits per heavy atom. The molecular weight excluding hydrogens is 230 g/mol. The Morgan fingerprint density at radius 3 is 2.72 bits per heavy atom.